The fourth-order valence-electron chi connectivity index (χ4n) is 2.14. The van der Waals surface area contributed by atoms with Crippen molar-refractivity contribution in [3.05, 3.63) is 11.6 Å². The molecule has 0 spiro atoms. The minimum Gasteiger partial charge on any atom is -0.312 e. The molecule has 0 radical (unpaired) electrons. The van der Waals surface area contributed by atoms with Gasteiger partial charge in [-0.15, -0.1) is 10.2 Å². The molecule has 0 aromatic carbocycles. The zero-order valence-corrected chi connectivity index (χ0v) is 11.0. The molecular weight excluding hydrogens is 254 g/mol. The van der Waals surface area contributed by atoms with Gasteiger partial charge in [-0.25, -0.2) is 0 Å². The number of alkyl halides is 1. The average molecular weight is 272 g/mol. The summed E-state index contributed by atoms with van der Waals surface area (Å²) >= 11 is 3.46. The van der Waals surface area contributed by atoms with Crippen LogP contribution in [0.15, 0.2) is 0 Å². The normalized spacial score (nSPS) is 17.1. The van der Waals surface area contributed by atoms with Crippen molar-refractivity contribution in [2.75, 3.05) is 0 Å². The lowest BCUT2D eigenvalue weighted by Crippen LogP contribution is -2.18. The third-order valence-electron chi connectivity index (χ3n) is 3.17. The first-order valence-corrected chi connectivity index (χ1v) is 6.83. The second-order valence-electron chi connectivity index (χ2n) is 4.63. The summed E-state index contributed by atoms with van der Waals surface area (Å²) in [6.07, 6.45) is 5.24. The smallest absolute Gasteiger partial charge is 0.143 e. The highest BCUT2D eigenvalue weighted by Crippen LogP contribution is 2.30. The molecule has 3 nitrogen and oxygen atoms in total. The van der Waals surface area contributed by atoms with Crippen LogP contribution in [0.3, 0.4) is 0 Å². The Bertz CT molecular complexity index is 329. The van der Waals surface area contributed by atoms with E-state index in [1.54, 1.807) is 0 Å². The molecule has 4 heteroatoms. The van der Waals surface area contributed by atoms with Gasteiger partial charge in [-0.3, -0.25) is 0 Å². The van der Waals surface area contributed by atoms with Crippen LogP contribution in [0.25, 0.3) is 0 Å². The highest BCUT2D eigenvalue weighted by molar-refractivity contribution is 9.08. The van der Waals surface area contributed by atoms with E-state index < -0.39 is 0 Å². The molecule has 0 N–H and O–H groups in total. The Labute approximate surface area is 99.4 Å². The van der Waals surface area contributed by atoms with E-state index in [9.17, 15) is 0 Å². The van der Waals surface area contributed by atoms with Gasteiger partial charge in [0, 0.05) is 12.5 Å². The van der Waals surface area contributed by atoms with Crippen LogP contribution < -0.4 is 0 Å². The van der Waals surface area contributed by atoms with Gasteiger partial charge in [0.2, 0.25) is 0 Å². The van der Waals surface area contributed by atoms with E-state index in [0.29, 0.717) is 6.04 Å². The molecule has 1 aromatic heterocycles. The molecule has 0 amide bonds. The topological polar surface area (TPSA) is 30.7 Å². The van der Waals surface area contributed by atoms with Crippen LogP contribution in [0.2, 0.25) is 0 Å². The molecule has 1 aromatic rings. The summed E-state index contributed by atoms with van der Waals surface area (Å²) in [5.41, 5.74) is 0. The average Bonchev–Trinajstić information content (AvgIpc) is 2.54. The van der Waals surface area contributed by atoms with Crippen LogP contribution in [0.4, 0.5) is 0 Å². The molecule has 84 valence electrons. The van der Waals surface area contributed by atoms with Crippen LogP contribution >= 0.6 is 15.9 Å². The molecule has 0 saturated heterocycles. The van der Waals surface area contributed by atoms with Gasteiger partial charge in [-0.1, -0.05) is 35.2 Å². The van der Waals surface area contributed by atoms with Gasteiger partial charge in [-0.05, 0) is 19.8 Å². The van der Waals surface area contributed by atoms with Gasteiger partial charge in [0.25, 0.3) is 0 Å². The molecule has 1 aliphatic rings. The maximum atomic E-state index is 4.31. The predicted octanol–water partition coefficient (Wildman–Crippen LogP) is 3.10. The molecule has 1 fully saturated rings. The quantitative estimate of drug-likeness (QED) is 0.788. The first kappa shape index (κ1) is 11.1. The largest absolute Gasteiger partial charge is 0.312 e. The van der Waals surface area contributed by atoms with Gasteiger partial charge < -0.3 is 4.57 Å². The highest BCUT2D eigenvalue weighted by atomic mass is 79.9. The molecule has 0 unspecified atom stereocenters. The second-order valence-corrected chi connectivity index (χ2v) is 5.19. The molecule has 1 saturated carbocycles. The Hall–Kier alpha value is -0.380. The predicted molar refractivity (Wildman–Crippen MR) is 64.1 cm³/mol. The number of halogens is 1. The minimum absolute atomic E-state index is 0.461. The van der Waals surface area contributed by atoms with Crippen molar-refractivity contribution in [2.24, 2.45) is 5.92 Å². The fraction of sp³-hybridized carbons (Fsp3) is 0.818. The molecule has 0 bridgehead atoms. The Morgan fingerprint density at radius 1 is 1.33 bits per heavy atom. The molecule has 0 aliphatic heterocycles. The van der Waals surface area contributed by atoms with Gasteiger partial charge in [-0.2, -0.15) is 0 Å². The number of nitrogens with zero attached hydrogens (tertiary/aromatic N) is 3. The van der Waals surface area contributed by atoms with Crippen LogP contribution in [0.5, 0.6) is 0 Å². The molecule has 0 atom stereocenters. The summed E-state index contributed by atoms with van der Waals surface area (Å²) in [6, 6.07) is 0.461. The number of aromatic nitrogens is 3. The van der Waals surface area contributed by atoms with Gasteiger partial charge in [0.15, 0.2) is 0 Å². The van der Waals surface area contributed by atoms with Gasteiger partial charge in [0.05, 0.1) is 5.33 Å². The van der Waals surface area contributed by atoms with Crippen molar-refractivity contribution in [2.45, 2.75) is 50.9 Å². The standard InChI is InChI=1S/C11H18BrN3/c1-8(2)15-10(6-9-4-3-5-9)13-14-11(15)7-12/h8-9H,3-7H2,1-2H3. The van der Waals surface area contributed by atoms with E-state index in [2.05, 4.69) is 44.5 Å². The summed E-state index contributed by atoms with van der Waals surface area (Å²) in [6.45, 7) is 4.39. The summed E-state index contributed by atoms with van der Waals surface area (Å²) < 4.78 is 2.27. The van der Waals surface area contributed by atoms with E-state index >= 15 is 0 Å². The second kappa shape index (κ2) is 4.64. The monoisotopic (exact) mass is 271 g/mol. The van der Waals surface area contributed by atoms with Crippen LogP contribution in [-0.4, -0.2) is 14.8 Å². The maximum absolute atomic E-state index is 4.31. The third kappa shape index (κ3) is 2.25. The first-order chi connectivity index (χ1) is 7.22. The third-order valence-corrected chi connectivity index (χ3v) is 3.67. The van der Waals surface area contributed by atoms with Crippen molar-refractivity contribution in [3.8, 4) is 0 Å². The summed E-state index contributed by atoms with van der Waals surface area (Å²) in [5, 5.41) is 9.34. The van der Waals surface area contributed by atoms with Crippen molar-refractivity contribution in [1.29, 1.82) is 0 Å². The lowest BCUT2D eigenvalue weighted by molar-refractivity contribution is 0.303. The summed E-state index contributed by atoms with van der Waals surface area (Å²) in [5.74, 6) is 3.08. The number of hydrogen-bond donors (Lipinski definition) is 0. The SMILES string of the molecule is CC(C)n1c(CBr)nnc1CC1CCC1. The van der Waals surface area contributed by atoms with E-state index in [-0.39, 0.29) is 0 Å². The number of hydrogen-bond acceptors (Lipinski definition) is 2. The maximum Gasteiger partial charge on any atom is 0.143 e. The van der Waals surface area contributed by atoms with Gasteiger partial charge >= 0.3 is 0 Å². The molecule has 1 heterocycles. The molecule has 2 rings (SSSR count). The molecular formula is C11H18BrN3. The number of rotatable bonds is 4. The Morgan fingerprint density at radius 2 is 2.00 bits per heavy atom. The van der Waals surface area contributed by atoms with Crippen LogP contribution in [-0.2, 0) is 11.8 Å². The highest BCUT2D eigenvalue weighted by Gasteiger charge is 2.22. The Kier molecular flexibility index (Phi) is 3.44. The van der Waals surface area contributed by atoms with E-state index in [1.165, 1.54) is 25.1 Å². The summed E-state index contributed by atoms with van der Waals surface area (Å²) in [4.78, 5) is 0. The van der Waals surface area contributed by atoms with Crippen molar-refractivity contribution in [1.82, 2.24) is 14.8 Å². The lowest BCUT2D eigenvalue weighted by atomic mass is 9.83. The van der Waals surface area contributed by atoms with Crippen molar-refractivity contribution < 1.29 is 0 Å². The summed E-state index contributed by atoms with van der Waals surface area (Å²) in [7, 11) is 0. The Morgan fingerprint density at radius 3 is 2.47 bits per heavy atom. The van der Waals surface area contributed by atoms with Crippen molar-refractivity contribution in [3.63, 3.8) is 0 Å². The zero-order chi connectivity index (χ0) is 10.8. The van der Waals surface area contributed by atoms with Crippen molar-refractivity contribution >= 4 is 15.9 Å². The first-order valence-electron chi connectivity index (χ1n) is 5.71. The van der Waals surface area contributed by atoms with E-state index in [1.807, 2.05) is 0 Å². The minimum atomic E-state index is 0.461. The van der Waals surface area contributed by atoms with Crippen LogP contribution in [0.1, 0.15) is 50.8 Å². The fourth-order valence-corrected chi connectivity index (χ4v) is 2.52. The van der Waals surface area contributed by atoms with Gasteiger partial charge in [0.1, 0.15) is 11.6 Å². The molecule has 15 heavy (non-hydrogen) atoms. The zero-order valence-electron chi connectivity index (χ0n) is 9.41. The molecule has 1 aliphatic carbocycles. The lowest BCUT2D eigenvalue weighted by Gasteiger charge is -2.25. The Balaban J connectivity index is 2.17. The van der Waals surface area contributed by atoms with E-state index in [4.69, 9.17) is 0 Å². The van der Waals surface area contributed by atoms with Crippen LogP contribution in [0, 0.1) is 5.92 Å². The van der Waals surface area contributed by atoms with E-state index in [0.717, 1.165) is 23.5 Å².